The van der Waals surface area contributed by atoms with Crippen molar-refractivity contribution in [3.05, 3.63) is 35.8 Å². The summed E-state index contributed by atoms with van der Waals surface area (Å²) in [7, 11) is 0. The number of aryl methyl sites for hydroxylation is 1. The molecule has 20 heavy (non-hydrogen) atoms. The zero-order chi connectivity index (χ0) is 15.0. The van der Waals surface area contributed by atoms with Gasteiger partial charge in [0.1, 0.15) is 0 Å². The van der Waals surface area contributed by atoms with Crippen LogP contribution in [0.25, 0.3) is 0 Å². The van der Waals surface area contributed by atoms with Crippen molar-refractivity contribution in [2.24, 2.45) is 10.7 Å². The van der Waals surface area contributed by atoms with Crippen molar-refractivity contribution in [2.45, 2.75) is 20.3 Å². The Hall–Kier alpha value is -2.24. The number of nitrogens with one attached hydrogen (secondary N) is 2. The van der Waals surface area contributed by atoms with Gasteiger partial charge >= 0.3 is 0 Å². The number of nitrogens with two attached hydrogens (primary N) is 1. The minimum Gasteiger partial charge on any atom is -0.459 e. The van der Waals surface area contributed by atoms with E-state index in [9.17, 15) is 4.79 Å². The molecule has 1 rings (SSSR count). The van der Waals surface area contributed by atoms with Gasteiger partial charge in [0, 0.05) is 18.7 Å². The Morgan fingerprint density at radius 2 is 2.15 bits per heavy atom. The quantitative estimate of drug-likeness (QED) is 0.302. The Kier molecular flexibility index (Phi) is 6.36. The molecule has 6 nitrogen and oxygen atoms in total. The molecule has 4 N–H and O–H groups in total. The molecule has 0 aliphatic rings. The highest BCUT2D eigenvalue weighted by atomic mass is 16.3. The maximum absolute atomic E-state index is 11.7. The van der Waals surface area contributed by atoms with Crippen molar-refractivity contribution in [1.29, 1.82) is 0 Å². The SMILES string of the molecule is C=C(C)CN=C(N)NCCCNC(=O)c1occc1C. The van der Waals surface area contributed by atoms with Crippen LogP contribution in [-0.2, 0) is 0 Å². The minimum atomic E-state index is -0.198. The standard InChI is InChI=1S/C14H22N4O2/c1-10(2)9-18-14(15)17-7-4-6-16-13(19)12-11(3)5-8-20-12/h5,8H,1,4,6-7,9H2,2-3H3,(H,16,19)(H3,15,17,18). The topological polar surface area (TPSA) is 92.6 Å². The van der Waals surface area contributed by atoms with Gasteiger partial charge in [0.25, 0.3) is 5.91 Å². The third-order valence-electron chi connectivity index (χ3n) is 2.53. The second-order valence-electron chi connectivity index (χ2n) is 4.63. The van der Waals surface area contributed by atoms with Crippen LogP contribution >= 0.6 is 0 Å². The van der Waals surface area contributed by atoms with Crippen molar-refractivity contribution >= 4 is 11.9 Å². The molecule has 1 heterocycles. The average molecular weight is 278 g/mol. The number of carbonyl (C=O) groups is 1. The average Bonchev–Trinajstić information content (AvgIpc) is 2.82. The molecule has 0 aromatic carbocycles. The second kappa shape index (κ2) is 8.04. The van der Waals surface area contributed by atoms with Crippen LogP contribution in [-0.4, -0.2) is 31.5 Å². The molecule has 0 aliphatic carbocycles. The number of amides is 1. The maximum atomic E-state index is 11.7. The van der Waals surface area contributed by atoms with E-state index in [4.69, 9.17) is 10.2 Å². The summed E-state index contributed by atoms with van der Waals surface area (Å²) < 4.78 is 5.10. The first-order valence-corrected chi connectivity index (χ1v) is 6.51. The smallest absolute Gasteiger partial charge is 0.287 e. The lowest BCUT2D eigenvalue weighted by Crippen LogP contribution is -2.34. The fourth-order valence-corrected chi connectivity index (χ4v) is 1.47. The van der Waals surface area contributed by atoms with Crippen molar-refractivity contribution in [3.8, 4) is 0 Å². The predicted molar refractivity (Wildman–Crippen MR) is 79.7 cm³/mol. The van der Waals surface area contributed by atoms with Gasteiger partial charge in [0.2, 0.25) is 0 Å². The molecule has 0 bridgehead atoms. The number of hydrogen-bond acceptors (Lipinski definition) is 3. The van der Waals surface area contributed by atoms with Gasteiger partial charge in [-0.3, -0.25) is 4.79 Å². The minimum absolute atomic E-state index is 0.198. The van der Waals surface area contributed by atoms with E-state index in [2.05, 4.69) is 22.2 Å². The van der Waals surface area contributed by atoms with Gasteiger partial charge in [-0.15, -0.1) is 0 Å². The molecule has 1 amide bonds. The largest absolute Gasteiger partial charge is 0.459 e. The summed E-state index contributed by atoms with van der Waals surface area (Å²) in [6.07, 6.45) is 2.25. The van der Waals surface area contributed by atoms with E-state index >= 15 is 0 Å². The zero-order valence-corrected chi connectivity index (χ0v) is 12.0. The fourth-order valence-electron chi connectivity index (χ4n) is 1.47. The maximum Gasteiger partial charge on any atom is 0.287 e. The first kappa shape index (κ1) is 15.8. The molecule has 0 atom stereocenters. The Morgan fingerprint density at radius 3 is 2.75 bits per heavy atom. The van der Waals surface area contributed by atoms with Gasteiger partial charge in [-0.05, 0) is 26.3 Å². The number of aliphatic imine (C=N–C) groups is 1. The van der Waals surface area contributed by atoms with E-state index in [1.807, 2.05) is 13.8 Å². The molecule has 1 aromatic rings. The fraction of sp³-hybridized carbons (Fsp3) is 0.429. The van der Waals surface area contributed by atoms with Gasteiger partial charge in [0.05, 0.1) is 12.8 Å². The molecule has 0 aliphatic heterocycles. The van der Waals surface area contributed by atoms with Crippen LogP contribution < -0.4 is 16.4 Å². The molecule has 0 fully saturated rings. The van der Waals surface area contributed by atoms with E-state index in [1.165, 1.54) is 6.26 Å². The lowest BCUT2D eigenvalue weighted by Gasteiger charge is -2.06. The van der Waals surface area contributed by atoms with Crippen molar-refractivity contribution in [3.63, 3.8) is 0 Å². The second-order valence-corrected chi connectivity index (χ2v) is 4.63. The van der Waals surface area contributed by atoms with E-state index in [0.717, 1.165) is 17.6 Å². The first-order chi connectivity index (χ1) is 9.50. The Balaban J connectivity index is 2.16. The van der Waals surface area contributed by atoms with Crippen LogP contribution in [0.15, 0.2) is 33.9 Å². The molecule has 0 spiro atoms. The summed E-state index contributed by atoms with van der Waals surface area (Å²) in [5.74, 6) is 0.554. The van der Waals surface area contributed by atoms with Crippen molar-refractivity contribution in [1.82, 2.24) is 10.6 Å². The van der Waals surface area contributed by atoms with Gasteiger partial charge in [-0.2, -0.15) is 0 Å². The van der Waals surface area contributed by atoms with Crippen molar-refractivity contribution in [2.75, 3.05) is 19.6 Å². The molecular formula is C14H22N4O2. The molecule has 0 radical (unpaired) electrons. The molecular weight excluding hydrogens is 256 g/mol. The number of rotatable bonds is 7. The lowest BCUT2D eigenvalue weighted by molar-refractivity contribution is 0.0925. The highest BCUT2D eigenvalue weighted by Gasteiger charge is 2.11. The van der Waals surface area contributed by atoms with E-state index in [1.54, 1.807) is 6.07 Å². The van der Waals surface area contributed by atoms with Gasteiger partial charge < -0.3 is 20.8 Å². The van der Waals surface area contributed by atoms with Crippen LogP contribution in [0.3, 0.4) is 0 Å². The summed E-state index contributed by atoms with van der Waals surface area (Å²) in [6, 6.07) is 1.76. The predicted octanol–water partition coefficient (Wildman–Crippen LogP) is 1.19. The highest BCUT2D eigenvalue weighted by Crippen LogP contribution is 2.07. The summed E-state index contributed by atoms with van der Waals surface area (Å²) in [5.41, 5.74) is 7.44. The van der Waals surface area contributed by atoms with Crippen LogP contribution in [0.5, 0.6) is 0 Å². The number of furan rings is 1. The summed E-state index contributed by atoms with van der Waals surface area (Å²) in [5, 5.41) is 5.75. The molecule has 110 valence electrons. The molecule has 0 unspecified atom stereocenters. The number of guanidine groups is 1. The third-order valence-corrected chi connectivity index (χ3v) is 2.53. The molecule has 0 saturated heterocycles. The zero-order valence-electron chi connectivity index (χ0n) is 12.0. The van der Waals surface area contributed by atoms with Crippen molar-refractivity contribution < 1.29 is 9.21 Å². The van der Waals surface area contributed by atoms with Gasteiger partial charge in [-0.1, -0.05) is 12.2 Å². The lowest BCUT2D eigenvalue weighted by atomic mass is 10.2. The van der Waals surface area contributed by atoms with Crippen LogP contribution in [0, 0.1) is 6.92 Å². The molecule has 6 heteroatoms. The monoisotopic (exact) mass is 278 g/mol. The Morgan fingerprint density at radius 1 is 1.45 bits per heavy atom. The Bertz CT molecular complexity index is 491. The molecule has 0 saturated carbocycles. The Labute approximate surface area is 119 Å². The summed E-state index contributed by atoms with van der Waals surface area (Å²) in [4.78, 5) is 15.8. The normalized spacial score (nSPS) is 11.2. The number of carbonyl (C=O) groups excluding carboxylic acids is 1. The van der Waals surface area contributed by atoms with Crippen LogP contribution in [0.1, 0.15) is 29.5 Å². The third kappa shape index (κ3) is 5.60. The van der Waals surface area contributed by atoms with Crippen LogP contribution in [0.2, 0.25) is 0 Å². The summed E-state index contributed by atoms with van der Waals surface area (Å²) in [6.45, 7) is 9.17. The first-order valence-electron chi connectivity index (χ1n) is 6.51. The van der Waals surface area contributed by atoms with Crippen LogP contribution in [0.4, 0.5) is 0 Å². The number of nitrogens with zero attached hydrogens (tertiary/aromatic N) is 1. The highest BCUT2D eigenvalue weighted by molar-refractivity contribution is 5.92. The van der Waals surface area contributed by atoms with Gasteiger partial charge in [-0.25, -0.2) is 4.99 Å². The van der Waals surface area contributed by atoms with E-state index < -0.39 is 0 Å². The summed E-state index contributed by atoms with van der Waals surface area (Å²) >= 11 is 0. The van der Waals surface area contributed by atoms with E-state index in [-0.39, 0.29) is 5.91 Å². The molecule has 1 aromatic heterocycles. The van der Waals surface area contributed by atoms with Gasteiger partial charge in [0.15, 0.2) is 11.7 Å². The van der Waals surface area contributed by atoms with E-state index in [0.29, 0.717) is 31.4 Å². The number of hydrogen-bond donors (Lipinski definition) is 3.